The summed E-state index contributed by atoms with van der Waals surface area (Å²) in [6.45, 7) is 0. The molecule has 0 saturated carbocycles. The van der Waals surface area contributed by atoms with Crippen molar-refractivity contribution in [2.45, 2.75) is 12.5 Å². The number of hydrogen-bond acceptors (Lipinski definition) is 3. The van der Waals surface area contributed by atoms with Crippen molar-refractivity contribution in [1.82, 2.24) is 14.5 Å². The molecule has 0 spiro atoms. The number of benzene rings is 1. The molecule has 1 aliphatic heterocycles. The van der Waals surface area contributed by atoms with Gasteiger partial charge >= 0.3 is 0 Å². The summed E-state index contributed by atoms with van der Waals surface area (Å²) >= 11 is 5.53. The van der Waals surface area contributed by atoms with Crippen LogP contribution in [-0.2, 0) is 6.42 Å². The van der Waals surface area contributed by atoms with Gasteiger partial charge in [-0.2, -0.15) is 0 Å². The molecule has 16 heavy (non-hydrogen) atoms. The standard InChI is InChI=1S/C12H13N3S/c1-14(2)10-6-8-4-3-5-9-11(8)15(7-13-9)12(10)16/h3-5,7,10H,6H2,1-2H3. The Morgan fingerprint density at radius 2 is 2.25 bits per heavy atom. The van der Waals surface area contributed by atoms with Crippen LogP contribution in [-0.4, -0.2) is 39.6 Å². The van der Waals surface area contributed by atoms with Crippen molar-refractivity contribution in [1.29, 1.82) is 0 Å². The summed E-state index contributed by atoms with van der Waals surface area (Å²) < 4.78 is 2.05. The lowest BCUT2D eigenvalue weighted by Gasteiger charge is -2.30. The summed E-state index contributed by atoms with van der Waals surface area (Å²) in [7, 11) is 4.14. The molecule has 0 N–H and O–H groups in total. The molecule has 2 heterocycles. The monoisotopic (exact) mass is 231 g/mol. The number of thiocarbonyl (C=S) groups is 1. The van der Waals surface area contributed by atoms with E-state index in [1.807, 2.05) is 17.0 Å². The number of hydrogen-bond donors (Lipinski definition) is 0. The maximum atomic E-state index is 5.53. The summed E-state index contributed by atoms with van der Waals surface area (Å²) in [5, 5.41) is 0. The Morgan fingerprint density at radius 3 is 3.00 bits per heavy atom. The van der Waals surface area contributed by atoms with E-state index in [1.165, 1.54) is 11.1 Å². The van der Waals surface area contributed by atoms with Crippen LogP contribution in [0.25, 0.3) is 11.0 Å². The highest BCUT2D eigenvalue weighted by molar-refractivity contribution is 7.80. The summed E-state index contributed by atoms with van der Waals surface area (Å²) in [4.78, 5) is 7.51. The van der Waals surface area contributed by atoms with Crippen LogP contribution in [0.4, 0.5) is 0 Å². The highest BCUT2D eigenvalue weighted by atomic mass is 32.1. The molecule has 0 radical (unpaired) electrons. The lowest BCUT2D eigenvalue weighted by Crippen LogP contribution is -2.42. The van der Waals surface area contributed by atoms with E-state index in [0.717, 1.165) is 16.9 Å². The van der Waals surface area contributed by atoms with Gasteiger partial charge in [0.2, 0.25) is 0 Å². The van der Waals surface area contributed by atoms with Crippen LogP contribution < -0.4 is 0 Å². The number of para-hydroxylation sites is 1. The third-order valence-electron chi connectivity index (χ3n) is 3.21. The van der Waals surface area contributed by atoms with E-state index in [-0.39, 0.29) is 0 Å². The molecule has 3 rings (SSSR count). The third-order valence-corrected chi connectivity index (χ3v) is 3.68. The van der Waals surface area contributed by atoms with Gasteiger partial charge in [-0.3, -0.25) is 9.47 Å². The first-order valence-electron chi connectivity index (χ1n) is 5.34. The smallest absolute Gasteiger partial charge is 0.105 e. The van der Waals surface area contributed by atoms with E-state index >= 15 is 0 Å². The SMILES string of the molecule is CN(C)C1Cc2cccc3ncn(c23)C1=S. The highest BCUT2D eigenvalue weighted by Crippen LogP contribution is 2.26. The normalized spacial score (nSPS) is 19.7. The maximum Gasteiger partial charge on any atom is 0.105 e. The first kappa shape index (κ1) is 9.93. The second-order valence-electron chi connectivity index (χ2n) is 4.42. The first-order chi connectivity index (χ1) is 7.68. The van der Waals surface area contributed by atoms with Gasteiger partial charge in [0.15, 0.2) is 0 Å². The van der Waals surface area contributed by atoms with Crippen molar-refractivity contribution < 1.29 is 0 Å². The highest BCUT2D eigenvalue weighted by Gasteiger charge is 2.26. The van der Waals surface area contributed by atoms with Crippen LogP contribution in [0.3, 0.4) is 0 Å². The number of imidazole rings is 1. The minimum Gasteiger partial charge on any atom is -0.300 e. The van der Waals surface area contributed by atoms with E-state index in [4.69, 9.17) is 12.2 Å². The van der Waals surface area contributed by atoms with Crippen LogP contribution in [0.2, 0.25) is 0 Å². The molecule has 1 aromatic heterocycles. The summed E-state index contributed by atoms with van der Waals surface area (Å²) in [6, 6.07) is 6.56. The molecule has 0 saturated heterocycles. The fraction of sp³-hybridized carbons (Fsp3) is 0.333. The van der Waals surface area contributed by atoms with Crippen LogP contribution in [0, 0.1) is 0 Å². The van der Waals surface area contributed by atoms with E-state index in [2.05, 4.69) is 36.1 Å². The van der Waals surface area contributed by atoms with Gasteiger partial charge in [0.1, 0.15) is 11.3 Å². The predicted molar refractivity (Wildman–Crippen MR) is 68.9 cm³/mol. The van der Waals surface area contributed by atoms with E-state index in [0.29, 0.717) is 6.04 Å². The summed E-state index contributed by atoms with van der Waals surface area (Å²) in [5.41, 5.74) is 3.56. The van der Waals surface area contributed by atoms with Crippen LogP contribution >= 0.6 is 12.2 Å². The number of aromatic nitrogens is 2. The molecule has 1 unspecified atom stereocenters. The Balaban J connectivity index is 2.26. The lowest BCUT2D eigenvalue weighted by atomic mass is 10.00. The Labute approximate surface area is 99.7 Å². The van der Waals surface area contributed by atoms with Crippen LogP contribution in [0.5, 0.6) is 0 Å². The van der Waals surface area contributed by atoms with Crippen molar-refractivity contribution >= 4 is 28.2 Å². The van der Waals surface area contributed by atoms with Gasteiger partial charge in [-0.1, -0.05) is 24.4 Å². The van der Waals surface area contributed by atoms with Gasteiger partial charge in [0.05, 0.1) is 17.1 Å². The molecule has 2 aromatic rings. The molecule has 0 amide bonds. The van der Waals surface area contributed by atoms with Crippen molar-refractivity contribution in [3.63, 3.8) is 0 Å². The topological polar surface area (TPSA) is 21.1 Å². The zero-order chi connectivity index (χ0) is 11.3. The molecule has 82 valence electrons. The van der Waals surface area contributed by atoms with Gasteiger partial charge in [-0.15, -0.1) is 0 Å². The van der Waals surface area contributed by atoms with E-state index < -0.39 is 0 Å². The van der Waals surface area contributed by atoms with Crippen molar-refractivity contribution in [2.75, 3.05) is 14.1 Å². The Morgan fingerprint density at radius 1 is 1.44 bits per heavy atom. The summed E-state index contributed by atoms with van der Waals surface area (Å²) in [6.07, 6.45) is 2.82. The van der Waals surface area contributed by atoms with Gasteiger partial charge < -0.3 is 0 Å². The molecule has 3 nitrogen and oxygen atoms in total. The second-order valence-corrected chi connectivity index (χ2v) is 4.84. The second kappa shape index (κ2) is 3.37. The number of rotatable bonds is 1. The van der Waals surface area contributed by atoms with Gasteiger partial charge in [-0.05, 0) is 32.1 Å². The summed E-state index contributed by atoms with van der Waals surface area (Å²) in [5.74, 6) is 0. The average molecular weight is 231 g/mol. The van der Waals surface area contributed by atoms with Gasteiger partial charge in [0, 0.05) is 0 Å². The van der Waals surface area contributed by atoms with E-state index in [1.54, 1.807) is 0 Å². The van der Waals surface area contributed by atoms with Crippen molar-refractivity contribution in [3.8, 4) is 0 Å². The number of likely N-dealkylation sites (N-methyl/N-ethyl adjacent to an activating group) is 1. The molecule has 1 aliphatic rings. The molecule has 0 aliphatic carbocycles. The largest absolute Gasteiger partial charge is 0.300 e. The van der Waals surface area contributed by atoms with Crippen molar-refractivity contribution in [3.05, 3.63) is 30.1 Å². The molecular weight excluding hydrogens is 218 g/mol. The van der Waals surface area contributed by atoms with Gasteiger partial charge in [0.25, 0.3) is 0 Å². The molecule has 0 fully saturated rings. The van der Waals surface area contributed by atoms with Gasteiger partial charge in [-0.25, -0.2) is 4.98 Å². The molecule has 1 atom stereocenters. The minimum absolute atomic E-state index is 0.294. The Bertz CT molecular complexity index is 571. The Kier molecular flexibility index (Phi) is 2.09. The van der Waals surface area contributed by atoms with Crippen molar-refractivity contribution in [2.24, 2.45) is 0 Å². The van der Waals surface area contributed by atoms with Crippen LogP contribution in [0.15, 0.2) is 24.5 Å². The predicted octanol–water partition coefficient (Wildman–Crippen LogP) is 1.70. The minimum atomic E-state index is 0.294. The average Bonchev–Trinajstić information content (AvgIpc) is 2.68. The molecule has 1 aromatic carbocycles. The molecular formula is C12H13N3S. The fourth-order valence-corrected chi connectivity index (χ4v) is 2.76. The van der Waals surface area contributed by atoms with Crippen LogP contribution in [0.1, 0.15) is 5.56 Å². The quantitative estimate of drug-likeness (QED) is 0.697. The Hall–Kier alpha value is -1.26. The first-order valence-corrected chi connectivity index (χ1v) is 5.75. The fourth-order valence-electron chi connectivity index (χ4n) is 2.33. The number of nitrogens with zero attached hydrogens (tertiary/aromatic N) is 3. The molecule has 4 heteroatoms. The third kappa shape index (κ3) is 1.23. The zero-order valence-electron chi connectivity index (χ0n) is 9.34. The van der Waals surface area contributed by atoms with E-state index in [9.17, 15) is 0 Å². The molecule has 0 bridgehead atoms. The maximum absolute atomic E-state index is 5.53. The lowest BCUT2D eigenvalue weighted by molar-refractivity contribution is 0.356. The zero-order valence-corrected chi connectivity index (χ0v) is 10.2.